The van der Waals surface area contributed by atoms with Gasteiger partial charge in [-0.3, -0.25) is 9.69 Å². The van der Waals surface area contributed by atoms with E-state index in [0.29, 0.717) is 30.1 Å². The minimum atomic E-state index is -0.859. The van der Waals surface area contributed by atoms with E-state index in [-0.39, 0.29) is 18.6 Å². The molecule has 5 rings (SSSR count). The zero-order valence-electron chi connectivity index (χ0n) is 24.6. The van der Waals surface area contributed by atoms with Crippen molar-refractivity contribution < 1.29 is 19.1 Å². The summed E-state index contributed by atoms with van der Waals surface area (Å²) in [7, 11) is 0. The third-order valence-corrected chi connectivity index (χ3v) is 8.50. The van der Waals surface area contributed by atoms with Crippen molar-refractivity contribution in [2.24, 2.45) is 0 Å². The predicted octanol–water partition coefficient (Wildman–Crippen LogP) is 7.02. The molecule has 11 heteroatoms. The van der Waals surface area contributed by atoms with Gasteiger partial charge in [-0.15, -0.1) is 5.10 Å². The Balaban J connectivity index is 1.32. The maximum atomic E-state index is 13.5. The molecule has 2 aromatic carbocycles. The second-order valence-corrected chi connectivity index (χ2v) is 13.6. The molecule has 0 bridgehead atoms. The van der Waals surface area contributed by atoms with E-state index in [1.807, 2.05) is 88.2 Å². The van der Waals surface area contributed by atoms with Gasteiger partial charge in [0, 0.05) is 22.5 Å². The highest BCUT2D eigenvalue weighted by Gasteiger charge is 2.47. The van der Waals surface area contributed by atoms with Crippen molar-refractivity contribution in [2.75, 3.05) is 13.2 Å². The van der Waals surface area contributed by atoms with Crippen LogP contribution >= 0.6 is 27.5 Å². The van der Waals surface area contributed by atoms with Crippen LogP contribution in [0.15, 0.2) is 53.1 Å². The highest BCUT2D eigenvalue weighted by molar-refractivity contribution is 9.10. The van der Waals surface area contributed by atoms with Crippen molar-refractivity contribution >= 4 is 39.5 Å². The van der Waals surface area contributed by atoms with Gasteiger partial charge in [0.25, 0.3) is 0 Å². The van der Waals surface area contributed by atoms with Gasteiger partial charge in [0.1, 0.15) is 23.1 Å². The van der Waals surface area contributed by atoms with Crippen LogP contribution in [0.1, 0.15) is 82.8 Å². The van der Waals surface area contributed by atoms with Crippen molar-refractivity contribution in [2.45, 2.75) is 83.7 Å². The van der Waals surface area contributed by atoms with Gasteiger partial charge in [-0.2, -0.15) is 0 Å². The van der Waals surface area contributed by atoms with Crippen molar-refractivity contribution in [1.29, 1.82) is 0 Å². The van der Waals surface area contributed by atoms with E-state index in [0.717, 1.165) is 34.1 Å². The minimum absolute atomic E-state index is 0.0265. The average molecular weight is 659 g/mol. The third-order valence-electron chi connectivity index (χ3n) is 7.67. The predicted molar refractivity (Wildman–Crippen MR) is 163 cm³/mol. The molecule has 1 aromatic heterocycles. The number of amides is 2. The molecule has 0 radical (unpaired) electrons. The maximum absolute atomic E-state index is 13.5. The van der Waals surface area contributed by atoms with Gasteiger partial charge in [-0.1, -0.05) is 50.9 Å². The van der Waals surface area contributed by atoms with E-state index in [2.05, 4.69) is 26.2 Å². The van der Waals surface area contributed by atoms with E-state index in [4.69, 9.17) is 21.1 Å². The number of hydrogen-bond acceptors (Lipinski definition) is 6. The molecule has 9 nitrogen and oxygen atoms in total. The highest BCUT2D eigenvalue weighted by Crippen LogP contribution is 2.39. The Morgan fingerprint density at radius 3 is 2.69 bits per heavy atom. The Hall–Kier alpha value is -2.95. The number of benzene rings is 2. The molecule has 0 aliphatic carbocycles. The standard InChI is InChI=1S/C31H37BrClN5O4/c1-30(2,3)42-29(40)38-27(19-41-31(38,4)5)24-18-37(35-34-24)25-10-7-6-9-20(25)12-15-28(39)36-16-8-11-26(36)22-17-21(32)13-14-23(22)33/h6-7,9-10,13-14,17-18,26-27H,8,11-12,15-16,19H2,1-5H3. The molecule has 2 atom stereocenters. The first-order valence-electron chi connectivity index (χ1n) is 14.3. The number of halogens is 2. The molecule has 2 aliphatic rings. The summed E-state index contributed by atoms with van der Waals surface area (Å²) in [6.45, 7) is 10.2. The van der Waals surface area contributed by atoms with Crippen LogP contribution in [0.5, 0.6) is 0 Å². The molecule has 2 unspecified atom stereocenters. The van der Waals surface area contributed by atoms with E-state index < -0.39 is 23.5 Å². The monoisotopic (exact) mass is 657 g/mol. The van der Waals surface area contributed by atoms with Crippen molar-refractivity contribution in [1.82, 2.24) is 24.8 Å². The number of aromatic nitrogens is 3. The Morgan fingerprint density at radius 2 is 1.93 bits per heavy atom. The molecule has 2 saturated heterocycles. The quantitative estimate of drug-likeness (QED) is 0.283. The molecule has 0 spiro atoms. The minimum Gasteiger partial charge on any atom is -0.444 e. The maximum Gasteiger partial charge on any atom is 0.413 e. The molecular formula is C31H37BrClN5O4. The summed E-state index contributed by atoms with van der Waals surface area (Å²) < 4.78 is 14.3. The van der Waals surface area contributed by atoms with Crippen molar-refractivity contribution in [3.05, 3.63) is 75.0 Å². The summed E-state index contributed by atoms with van der Waals surface area (Å²) in [5, 5.41) is 9.50. The van der Waals surface area contributed by atoms with Crippen LogP contribution in [0, 0.1) is 0 Å². The molecule has 42 heavy (non-hydrogen) atoms. The normalized spacial score (nSPS) is 20.3. The van der Waals surface area contributed by atoms with Crippen LogP contribution in [0.3, 0.4) is 0 Å². The molecule has 3 heterocycles. The number of aryl methyl sites for hydroxylation is 1. The number of rotatable bonds is 6. The second-order valence-electron chi connectivity index (χ2n) is 12.3. The van der Waals surface area contributed by atoms with Crippen LogP contribution in [-0.2, 0) is 20.7 Å². The van der Waals surface area contributed by atoms with Gasteiger partial charge < -0.3 is 14.4 Å². The lowest BCUT2D eigenvalue weighted by molar-refractivity contribution is -0.132. The summed E-state index contributed by atoms with van der Waals surface area (Å²) in [6, 6.07) is 13.2. The fourth-order valence-corrected chi connectivity index (χ4v) is 6.34. The first-order valence-corrected chi connectivity index (χ1v) is 15.4. The zero-order chi connectivity index (χ0) is 30.2. The second kappa shape index (κ2) is 12.0. The Kier molecular flexibility index (Phi) is 8.70. The summed E-state index contributed by atoms with van der Waals surface area (Å²) >= 11 is 10.1. The fraction of sp³-hybridized carbons (Fsp3) is 0.484. The van der Waals surface area contributed by atoms with Gasteiger partial charge in [0.15, 0.2) is 0 Å². The summed E-state index contributed by atoms with van der Waals surface area (Å²) in [6.07, 6.45) is 4.09. The molecule has 2 aliphatic heterocycles. The average Bonchev–Trinajstić information content (AvgIpc) is 3.66. The van der Waals surface area contributed by atoms with Gasteiger partial charge in [0.05, 0.1) is 24.5 Å². The number of likely N-dealkylation sites (tertiary alicyclic amines) is 1. The smallest absolute Gasteiger partial charge is 0.413 e. The van der Waals surface area contributed by atoms with Gasteiger partial charge in [-0.25, -0.2) is 9.48 Å². The molecule has 0 N–H and O–H groups in total. The summed E-state index contributed by atoms with van der Waals surface area (Å²) in [4.78, 5) is 30.1. The lowest BCUT2D eigenvalue weighted by Gasteiger charge is -2.34. The van der Waals surface area contributed by atoms with Crippen LogP contribution < -0.4 is 0 Å². The largest absolute Gasteiger partial charge is 0.444 e. The van der Waals surface area contributed by atoms with Crippen LogP contribution in [0.25, 0.3) is 5.69 Å². The molecule has 2 fully saturated rings. The Bertz CT molecular complexity index is 1470. The zero-order valence-corrected chi connectivity index (χ0v) is 27.0. The van der Waals surface area contributed by atoms with Crippen LogP contribution in [0.2, 0.25) is 5.02 Å². The number of nitrogens with zero attached hydrogens (tertiary/aromatic N) is 5. The number of hydrogen-bond donors (Lipinski definition) is 0. The first-order chi connectivity index (χ1) is 19.8. The van der Waals surface area contributed by atoms with Crippen LogP contribution in [-0.4, -0.2) is 61.3 Å². The number of para-hydroxylation sites is 1. The van der Waals surface area contributed by atoms with E-state index >= 15 is 0 Å². The topological polar surface area (TPSA) is 89.8 Å². The Labute approximate surface area is 260 Å². The molecule has 0 saturated carbocycles. The number of carbonyl (C=O) groups is 2. The Morgan fingerprint density at radius 1 is 1.17 bits per heavy atom. The van der Waals surface area contributed by atoms with Crippen LogP contribution in [0.4, 0.5) is 4.79 Å². The highest BCUT2D eigenvalue weighted by atomic mass is 79.9. The molecule has 224 valence electrons. The van der Waals surface area contributed by atoms with Crippen molar-refractivity contribution in [3.63, 3.8) is 0 Å². The van der Waals surface area contributed by atoms with E-state index in [1.54, 1.807) is 9.58 Å². The summed E-state index contributed by atoms with van der Waals surface area (Å²) in [5.41, 5.74) is 1.88. The van der Waals surface area contributed by atoms with Crippen molar-refractivity contribution in [3.8, 4) is 5.69 Å². The number of carbonyl (C=O) groups excluding carboxylic acids is 2. The first kappa shape index (κ1) is 30.5. The van der Waals surface area contributed by atoms with E-state index in [1.165, 1.54) is 0 Å². The van der Waals surface area contributed by atoms with E-state index in [9.17, 15) is 9.59 Å². The van der Waals surface area contributed by atoms with Gasteiger partial charge in [0.2, 0.25) is 5.91 Å². The number of ether oxygens (including phenoxy) is 2. The molecule has 2 amide bonds. The SMILES string of the molecule is CC(C)(C)OC(=O)N1C(c2cn(-c3ccccc3CCC(=O)N3CCCC3c3cc(Br)ccc3Cl)nn2)COC1(C)C. The molecular weight excluding hydrogens is 622 g/mol. The fourth-order valence-electron chi connectivity index (χ4n) is 5.71. The van der Waals surface area contributed by atoms with Gasteiger partial charge >= 0.3 is 6.09 Å². The molecule has 3 aromatic rings. The lowest BCUT2D eigenvalue weighted by Crippen LogP contribution is -2.47. The lowest BCUT2D eigenvalue weighted by atomic mass is 10.0. The van der Waals surface area contributed by atoms with Gasteiger partial charge in [-0.05, 0) is 89.3 Å². The third kappa shape index (κ3) is 6.50. The summed E-state index contributed by atoms with van der Waals surface area (Å²) in [5.74, 6) is 0.0981.